The Morgan fingerprint density at radius 1 is 1.08 bits per heavy atom. The molecule has 2 heteroatoms. The molecular weight excluding hydrogens is 320 g/mol. The molecule has 0 amide bonds. The predicted molar refractivity (Wildman–Crippen MR) is 103 cm³/mol. The smallest absolute Gasteiger partial charge is 0.312 e. The highest BCUT2D eigenvalue weighted by molar-refractivity contribution is 5.78. The van der Waals surface area contributed by atoms with E-state index < -0.39 is 0 Å². The molecule has 0 aromatic heterocycles. The van der Waals surface area contributed by atoms with Crippen molar-refractivity contribution in [1.29, 1.82) is 0 Å². The van der Waals surface area contributed by atoms with Crippen molar-refractivity contribution in [2.45, 2.75) is 72.3 Å². The van der Waals surface area contributed by atoms with Gasteiger partial charge in [0, 0.05) is 0 Å². The monoisotopic (exact) mass is 356 g/mol. The summed E-state index contributed by atoms with van der Waals surface area (Å²) >= 11 is 0. The summed E-state index contributed by atoms with van der Waals surface area (Å²) in [6.45, 7) is 9.17. The molecule has 0 spiro atoms. The molecule has 0 heterocycles. The standard InChI is InChI=1S/C24H36O2/c1-13(2)18-8-5-14(3)9-20(18)26-23(25)24(4)12-17-11-19(24)22-16-7-6-15(10-16)21(17)22/h6-7,13-22H,5,8-12H2,1-4H3. The van der Waals surface area contributed by atoms with E-state index in [2.05, 4.69) is 39.8 Å². The first kappa shape index (κ1) is 17.3. The fraction of sp³-hybridized carbons (Fsp3) is 0.875. The molecule has 4 saturated carbocycles. The molecule has 0 aliphatic heterocycles. The van der Waals surface area contributed by atoms with Crippen LogP contribution in [-0.2, 0) is 9.53 Å². The zero-order valence-electron chi connectivity index (χ0n) is 17.0. The first-order chi connectivity index (χ1) is 12.4. The molecule has 144 valence electrons. The van der Waals surface area contributed by atoms with Crippen molar-refractivity contribution in [3.8, 4) is 0 Å². The average molecular weight is 357 g/mol. The molecule has 0 radical (unpaired) electrons. The number of rotatable bonds is 3. The van der Waals surface area contributed by atoms with Crippen LogP contribution in [0.15, 0.2) is 12.2 Å². The second kappa shape index (κ2) is 5.85. The molecule has 5 aliphatic rings. The first-order valence-electron chi connectivity index (χ1n) is 11.3. The van der Waals surface area contributed by atoms with Gasteiger partial charge >= 0.3 is 5.97 Å². The van der Waals surface area contributed by atoms with Gasteiger partial charge in [-0.25, -0.2) is 0 Å². The second-order valence-electron chi connectivity index (χ2n) is 11.1. The van der Waals surface area contributed by atoms with Crippen LogP contribution in [0.2, 0.25) is 0 Å². The normalized spacial score (nSPS) is 54.1. The number of hydrogen-bond acceptors (Lipinski definition) is 2. The van der Waals surface area contributed by atoms with E-state index in [-0.39, 0.29) is 17.5 Å². The maximum Gasteiger partial charge on any atom is 0.312 e. The van der Waals surface area contributed by atoms with Gasteiger partial charge in [0.25, 0.3) is 0 Å². The highest BCUT2D eigenvalue weighted by atomic mass is 16.5. The van der Waals surface area contributed by atoms with Crippen molar-refractivity contribution in [3.05, 3.63) is 12.2 Å². The number of carbonyl (C=O) groups excluding carboxylic acids is 1. The van der Waals surface area contributed by atoms with Gasteiger partial charge in [-0.15, -0.1) is 0 Å². The number of ether oxygens (including phenoxy) is 1. The van der Waals surface area contributed by atoms with Crippen molar-refractivity contribution in [2.24, 2.45) is 58.7 Å². The highest BCUT2D eigenvalue weighted by Crippen LogP contribution is 2.70. The number of allylic oxidation sites excluding steroid dienone is 2. The summed E-state index contributed by atoms with van der Waals surface area (Å²) in [4.78, 5) is 13.5. The molecule has 26 heavy (non-hydrogen) atoms. The number of carbonyl (C=O) groups is 1. The van der Waals surface area contributed by atoms with Crippen LogP contribution in [-0.4, -0.2) is 12.1 Å². The predicted octanol–water partition coefficient (Wildman–Crippen LogP) is 5.47. The summed E-state index contributed by atoms with van der Waals surface area (Å²) in [5.74, 6) is 6.58. The lowest BCUT2D eigenvalue weighted by atomic mass is 9.62. The minimum absolute atomic E-state index is 0.151. The molecular formula is C24H36O2. The van der Waals surface area contributed by atoms with Crippen LogP contribution in [0.25, 0.3) is 0 Å². The van der Waals surface area contributed by atoms with Gasteiger partial charge in [-0.1, -0.05) is 39.3 Å². The lowest BCUT2D eigenvalue weighted by Crippen LogP contribution is -2.46. The zero-order chi connectivity index (χ0) is 18.2. The first-order valence-corrected chi connectivity index (χ1v) is 11.3. The fourth-order valence-corrected chi connectivity index (χ4v) is 8.13. The van der Waals surface area contributed by atoms with Gasteiger partial charge in [0.15, 0.2) is 0 Å². The lowest BCUT2D eigenvalue weighted by Gasteiger charge is -2.44. The van der Waals surface area contributed by atoms with E-state index in [0.29, 0.717) is 23.7 Å². The molecule has 5 aliphatic carbocycles. The highest BCUT2D eigenvalue weighted by Gasteiger charge is 2.67. The summed E-state index contributed by atoms with van der Waals surface area (Å²) < 4.78 is 6.35. The molecule has 4 bridgehead atoms. The topological polar surface area (TPSA) is 26.3 Å². The Hall–Kier alpha value is -0.790. The average Bonchev–Trinajstić information content (AvgIpc) is 3.32. The van der Waals surface area contributed by atoms with Crippen molar-refractivity contribution in [1.82, 2.24) is 0 Å². The van der Waals surface area contributed by atoms with E-state index in [1.54, 1.807) is 0 Å². The van der Waals surface area contributed by atoms with Crippen LogP contribution in [0.4, 0.5) is 0 Å². The van der Waals surface area contributed by atoms with Crippen LogP contribution in [0, 0.1) is 58.7 Å². The molecule has 0 N–H and O–H groups in total. The van der Waals surface area contributed by atoms with E-state index in [1.165, 1.54) is 25.7 Å². The molecule has 4 fully saturated rings. The fourth-order valence-electron chi connectivity index (χ4n) is 8.13. The van der Waals surface area contributed by atoms with Crippen LogP contribution < -0.4 is 0 Å². The Kier molecular flexibility index (Phi) is 3.90. The Morgan fingerprint density at radius 3 is 2.54 bits per heavy atom. The molecule has 2 nitrogen and oxygen atoms in total. The third-order valence-electron chi connectivity index (χ3n) is 9.34. The van der Waals surface area contributed by atoms with Crippen LogP contribution >= 0.6 is 0 Å². The Labute approximate surface area is 159 Å². The van der Waals surface area contributed by atoms with Crippen molar-refractivity contribution >= 4 is 5.97 Å². The quantitative estimate of drug-likeness (QED) is 0.380. The van der Waals surface area contributed by atoms with E-state index in [4.69, 9.17) is 4.74 Å². The molecule has 10 atom stereocenters. The Bertz CT molecular complexity index is 622. The minimum atomic E-state index is -0.216. The van der Waals surface area contributed by atoms with Crippen LogP contribution in [0.3, 0.4) is 0 Å². The van der Waals surface area contributed by atoms with E-state index in [0.717, 1.165) is 42.4 Å². The minimum Gasteiger partial charge on any atom is -0.462 e. The van der Waals surface area contributed by atoms with Crippen molar-refractivity contribution in [2.75, 3.05) is 0 Å². The SMILES string of the molecule is CC1CCC(C(C)C)C(OC(=O)C2(C)CC3CC2C2C4C=CC(C4)C32)C1. The summed E-state index contributed by atoms with van der Waals surface area (Å²) in [7, 11) is 0. The van der Waals surface area contributed by atoms with E-state index in [1.807, 2.05) is 0 Å². The third-order valence-corrected chi connectivity index (χ3v) is 9.34. The van der Waals surface area contributed by atoms with Crippen molar-refractivity contribution < 1.29 is 9.53 Å². The summed E-state index contributed by atoms with van der Waals surface area (Å²) in [6, 6.07) is 0. The number of esters is 1. The maximum atomic E-state index is 13.5. The molecule has 0 saturated heterocycles. The van der Waals surface area contributed by atoms with Gasteiger partial charge in [0.05, 0.1) is 5.41 Å². The van der Waals surface area contributed by atoms with Crippen LogP contribution in [0.5, 0.6) is 0 Å². The summed E-state index contributed by atoms with van der Waals surface area (Å²) in [5.41, 5.74) is -0.216. The molecule has 10 unspecified atom stereocenters. The number of hydrogen-bond donors (Lipinski definition) is 0. The largest absolute Gasteiger partial charge is 0.462 e. The van der Waals surface area contributed by atoms with E-state index >= 15 is 0 Å². The van der Waals surface area contributed by atoms with Crippen LogP contribution in [0.1, 0.15) is 66.2 Å². The van der Waals surface area contributed by atoms with Gasteiger partial charge in [0.1, 0.15) is 6.10 Å². The summed E-state index contributed by atoms with van der Waals surface area (Å²) in [5, 5.41) is 0. The molecule has 0 aromatic rings. The Morgan fingerprint density at radius 2 is 1.81 bits per heavy atom. The van der Waals surface area contributed by atoms with Gasteiger partial charge in [0.2, 0.25) is 0 Å². The molecule has 5 rings (SSSR count). The Balaban J connectivity index is 1.34. The van der Waals surface area contributed by atoms with Gasteiger partial charge < -0.3 is 4.74 Å². The second-order valence-corrected chi connectivity index (χ2v) is 11.1. The van der Waals surface area contributed by atoms with Crippen molar-refractivity contribution in [3.63, 3.8) is 0 Å². The third kappa shape index (κ3) is 2.32. The van der Waals surface area contributed by atoms with Gasteiger partial charge in [-0.05, 0) is 92.3 Å². The van der Waals surface area contributed by atoms with Gasteiger partial charge in [-0.3, -0.25) is 4.79 Å². The van der Waals surface area contributed by atoms with Gasteiger partial charge in [-0.2, -0.15) is 0 Å². The summed E-state index contributed by atoms with van der Waals surface area (Å²) in [6.07, 6.45) is 12.4. The molecule has 0 aromatic carbocycles. The number of fused-ring (bicyclic) bond motifs is 9. The maximum absolute atomic E-state index is 13.5. The van der Waals surface area contributed by atoms with E-state index in [9.17, 15) is 4.79 Å². The lowest BCUT2D eigenvalue weighted by molar-refractivity contribution is -0.173. The zero-order valence-corrected chi connectivity index (χ0v) is 17.0.